The monoisotopic (exact) mass is 464 g/mol. The number of imidazole rings is 1. The summed E-state index contributed by atoms with van der Waals surface area (Å²) in [6.45, 7) is 8.83. The van der Waals surface area contributed by atoms with Crippen molar-refractivity contribution in [3.63, 3.8) is 0 Å². The van der Waals surface area contributed by atoms with E-state index in [4.69, 9.17) is 18.9 Å². The number of benzene rings is 2. The summed E-state index contributed by atoms with van der Waals surface area (Å²) < 4.78 is 26.0. The van der Waals surface area contributed by atoms with Crippen molar-refractivity contribution in [1.82, 2.24) is 9.55 Å². The lowest BCUT2D eigenvalue weighted by Gasteiger charge is -2.29. The van der Waals surface area contributed by atoms with Gasteiger partial charge in [-0.1, -0.05) is 57.2 Å². The number of methoxy groups -OCH3 is 1. The molecule has 0 spiro atoms. The molecule has 0 N–H and O–H groups in total. The normalized spacial score (nSPS) is 20.5. The largest absolute Gasteiger partial charge is 0.497 e. The molecule has 4 rings (SSSR count). The summed E-state index contributed by atoms with van der Waals surface area (Å²) in [5.74, 6) is 0.144. The lowest BCUT2D eigenvalue weighted by Crippen LogP contribution is -2.37. The van der Waals surface area contributed by atoms with Crippen molar-refractivity contribution in [2.75, 3.05) is 20.3 Å². The van der Waals surface area contributed by atoms with Crippen LogP contribution >= 0.6 is 0 Å². The van der Waals surface area contributed by atoms with Gasteiger partial charge < -0.3 is 23.5 Å². The van der Waals surface area contributed by atoms with E-state index in [-0.39, 0.29) is 11.5 Å². The highest BCUT2D eigenvalue weighted by Crippen LogP contribution is 2.32. The average molecular weight is 465 g/mol. The minimum absolute atomic E-state index is 0.106. The molecule has 6 nitrogen and oxygen atoms in total. The molecule has 2 aromatic carbocycles. The Balaban J connectivity index is 1.35. The first-order chi connectivity index (χ1) is 16.4. The highest BCUT2D eigenvalue weighted by molar-refractivity contribution is 5.28. The Morgan fingerprint density at radius 1 is 1.06 bits per heavy atom. The molecule has 182 valence electrons. The van der Waals surface area contributed by atoms with Crippen molar-refractivity contribution in [2.24, 2.45) is 0 Å². The molecule has 0 bridgehead atoms. The van der Waals surface area contributed by atoms with Gasteiger partial charge in [0.15, 0.2) is 5.79 Å². The highest BCUT2D eigenvalue weighted by Gasteiger charge is 2.41. The first kappa shape index (κ1) is 24.5. The third kappa shape index (κ3) is 6.47. The lowest BCUT2D eigenvalue weighted by atomic mass is 9.86. The SMILES string of the molecule is COc1ccc(COCC2COC(CCc3ccc(C(C)(C)C)cc3)(Cn3ccnc3)O2)cc1. The van der Waals surface area contributed by atoms with Gasteiger partial charge in [-0.15, -0.1) is 0 Å². The van der Waals surface area contributed by atoms with E-state index in [1.807, 2.05) is 35.0 Å². The third-order valence-corrected chi connectivity index (χ3v) is 6.24. The second kappa shape index (κ2) is 10.7. The first-order valence-electron chi connectivity index (χ1n) is 11.9. The predicted molar refractivity (Wildman–Crippen MR) is 132 cm³/mol. The predicted octanol–water partition coefficient (Wildman–Crippen LogP) is 5.15. The van der Waals surface area contributed by atoms with Crippen LogP contribution in [-0.2, 0) is 39.2 Å². The number of aryl methyl sites for hydroxylation is 1. The number of ether oxygens (including phenoxy) is 4. The summed E-state index contributed by atoms with van der Waals surface area (Å²) in [6, 6.07) is 16.8. The molecule has 0 amide bonds. The molecule has 6 heteroatoms. The molecule has 2 heterocycles. The van der Waals surface area contributed by atoms with Crippen LogP contribution in [0.4, 0.5) is 0 Å². The van der Waals surface area contributed by atoms with Gasteiger partial charge in [0.05, 0.1) is 39.8 Å². The van der Waals surface area contributed by atoms with Crippen LogP contribution in [0.1, 0.15) is 43.9 Å². The summed E-state index contributed by atoms with van der Waals surface area (Å²) in [6.07, 6.45) is 7.06. The van der Waals surface area contributed by atoms with Crippen LogP contribution in [-0.4, -0.2) is 41.8 Å². The van der Waals surface area contributed by atoms with Crippen LogP contribution in [0.25, 0.3) is 0 Å². The fourth-order valence-electron chi connectivity index (χ4n) is 4.19. The topological polar surface area (TPSA) is 54.7 Å². The molecule has 0 aliphatic carbocycles. The van der Waals surface area contributed by atoms with Crippen molar-refractivity contribution in [2.45, 2.75) is 64.1 Å². The van der Waals surface area contributed by atoms with Crippen LogP contribution in [0.2, 0.25) is 0 Å². The van der Waals surface area contributed by atoms with Crippen LogP contribution in [0, 0.1) is 0 Å². The van der Waals surface area contributed by atoms with Gasteiger partial charge in [0.2, 0.25) is 0 Å². The molecule has 1 aromatic heterocycles. The Morgan fingerprint density at radius 3 is 2.44 bits per heavy atom. The van der Waals surface area contributed by atoms with E-state index in [1.165, 1.54) is 11.1 Å². The van der Waals surface area contributed by atoms with Gasteiger partial charge in [-0.25, -0.2) is 4.98 Å². The maximum absolute atomic E-state index is 6.48. The van der Waals surface area contributed by atoms with E-state index in [0.717, 1.165) is 24.2 Å². The fourth-order valence-corrected chi connectivity index (χ4v) is 4.19. The smallest absolute Gasteiger partial charge is 0.187 e. The summed E-state index contributed by atoms with van der Waals surface area (Å²) in [4.78, 5) is 4.18. The van der Waals surface area contributed by atoms with Gasteiger partial charge in [0, 0.05) is 18.8 Å². The zero-order valence-corrected chi connectivity index (χ0v) is 20.7. The highest BCUT2D eigenvalue weighted by atomic mass is 16.8. The Bertz CT molecular complexity index is 1010. The Kier molecular flexibility index (Phi) is 7.71. The van der Waals surface area contributed by atoms with E-state index in [9.17, 15) is 0 Å². The average Bonchev–Trinajstić information content (AvgIpc) is 3.48. The standard InChI is InChI=1S/C28H36N2O4/c1-27(2,3)24-9-5-22(6-10-24)13-14-28(20-30-16-15-29-21-30)33-19-26(34-28)18-32-17-23-7-11-25(31-4)12-8-23/h5-12,15-16,21,26H,13-14,17-20H2,1-4H3. The quantitative estimate of drug-likeness (QED) is 0.415. The third-order valence-electron chi connectivity index (χ3n) is 6.24. The molecule has 34 heavy (non-hydrogen) atoms. The van der Waals surface area contributed by atoms with Gasteiger partial charge >= 0.3 is 0 Å². The molecule has 1 fully saturated rings. The van der Waals surface area contributed by atoms with Crippen molar-refractivity contribution < 1.29 is 18.9 Å². The first-order valence-corrected chi connectivity index (χ1v) is 11.9. The Morgan fingerprint density at radius 2 is 1.79 bits per heavy atom. The number of hydrogen-bond acceptors (Lipinski definition) is 5. The van der Waals surface area contributed by atoms with E-state index < -0.39 is 5.79 Å². The maximum Gasteiger partial charge on any atom is 0.187 e. The minimum atomic E-state index is -0.697. The van der Waals surface area contributed by atoms with Gasteiger partial charge in [0.25, 0.3) is 0 Å². The van der Waals surface area contributed by atoms with Crippen LogP contribution < -0.4 is 4.74 Å². The Hall–Kier alpha value is -2.67. The Labute approximate surface area is 202 Å². The zero-order valence-electron chi connectivity index (χ0n) is 20.7. The molecule has 2 unspecified atom stereocenters. The van der Waals surface area contributed by atoms with Crippen molar-refractivity contribution in [1.29, 1.82) is 0 Å². The molecule has 1 saturated heterocycles. The molecule has 1 aliphatic rings. The van der Waals surface area contributed by atoms with Crippen LogP contribution in [0.15, 0.2) is 67.3 Å². The van der Waals surface area contributed by atoms with Gasteiger partial charge in [-0.2, -0.15) is 0 Å². The number of rotatable bonds is 10. The summed E-state index contributed by atoms with van der Waals surface area (Å²) in [5, 5.41) is 0. The fraction of sp³-hybridized carbons (Fsp3) is 0.464. The number of hydrogen-bond donors (Lipinski definition) is 0. The van der Waals surface area contributed by atoms with Crippen molar-refractivity contribution in [3.8, 4) is 5.75 Å². The minimum Gasteiger partial charge on any atom is -0.497 e. The van der Waals surface area contributed by atoms with Crippen LogP contribution in [0.5, 0.6) is 5.75 Å². The molecule has 2 atom stereocenters. The summed E-state index contributed by atoms with van der Waals surface area (Å²) in [5.41, 5.74) is 3.87. The molecule has 3 aromatic rings. The molecule has 1 aliphatic heterocycles. The number of aromatic nitrogens is 2. The summed E-state index contributed by atoms with van der Waals surface area (Å²) >= 11 is 0. The van der Waals surface area contributed by atoms with E-state index in [1.54, 1.807) is 19.6 Å². The molecular formula is C28H36N2O4. The van der Waals surface area contributed by atoms with E-state index >= 15 is 0 Å². The summed E-state index contributed by atoms with van der Waals surface area (Å²) in [7, 11) is 1.67. The molecular weight excluding hydrogens is 428 g/mol. The van der Waals surface area contributed by atoms with E-state index in [0.29, 0.717) is 26.4 Å². The lowest BCUT2D eigenvalue weighted by molar-refractivity contribution is -0.187. The zero-order chi connectivity index (χ0) is 24.0. The van der Waals surface area contributed by atoms with Gasteiger partial charge in [-0.05, 0) is 40.7 Å². The maximum atomic E-state index is 6.48. The molecule has 0 saturated carbocycles. The number of nitrogens with zero attached hydrogens (tertiary/aromatic N) is 2. The van der Waals surface area contributed by atoms with Gasteiger partial charge in [0.1, 0.15) is 11.9 Å². The van der Waals surface area contributed by atoms with Crippen LogP contribution in [0.3, 0.4) is 0 Å². The van der Waals surface area contributed by atoms with Crippen molar-refractivity contribution >= 4 is 0 Å². The van der Waals surface area contributed by atoms with E-state index in [2.05, 4.69) is 50.0 Å². The second-order valence-corrected chi connectivity index (χ2v) is 10.0. The molecule has 0 radical (unpaired) electrons. The van der Waals surface area contributed by atoms with Gasteiger partial charge in [-0.3, -0.25) is 0 Å². The second-order valence-electron chi connectivity index (χ2n) is 10.0. The van der Waals surface area contributed by atoms with Crippen molar-refractivity contribution in [3.05, 3.63) is 83.9 Å².